The number of ether oxygens (including phenoxy) is 1. The lowest BCUT2D eigenvalue weighted by Gasteiger charge is -2.06. The summed E-state index contributed by atoms with van der Waals surface area (Å²) in [6, 6.07) is 0. The second-order valence-corrected chi connectivity index (χ2v) is 3.69. The second-order valence-electron chi connectivity index (χ2n) is 3.69. The number of hydrogen-bond acceptors (Lipinski definition) is 5. The topological polar surface area (TPSA) is 93.2 Å². The molecular formula is C16H22N4O3. The Kier molecular flexibility index (Phi) is 10.2. The maximum absolute atomic E-state index is 11.7. The third kappa shape index (κ3) is 7.56. The van der Waals surface area contributed by atoms with Crippen LogP contribution in [-0.4, -0.2) is 29.0 Å². The van der Waals surface area contributed by atoms with Gasteiger partial charge in [-0.1, -0.05) is 32.6 Å². The molecule has 1 heterocycles. The van der Waals surface area contributed by atoms with Crippen LogP contribution in [0.15, 0.2) is 49.0 Å². The summed E-state index contributed by atoms with van der Waals surface area (Å²) in [7, 11) is 1.48. The maximum Gasteiger partial charge on any atom is 0.417 e. The lowest BCUT2D eigenvalue weighted by Crippen LogP contribution is -2.21. The average Bonchev–Trinajstić information content (AvgIpc) is 2.57. The fourth-order valence-corrected chi connectivity index (χ4v) is 1.28. The van der Waals surface area contributed by atoms with Gasteiger partial charge in [-0.2, -0.15) is 0 Å². The van der Waals surface area contributed by atoms with Crippen molar-refractivity contribution in [1.82, 2.24) is 15.3 Å². The molecule has 0 radical (unpaired) electrons. The highest BCUT2D eigenvalue weighted by atomic mass is 16.6. The van der Waals surface area contributed by atoms with Crippen LogP contribution in [0.4, 0.5) is 10.5 Å². The molecule has 0 atom stereocenters. The smallest absolute Gasteiger partial charge is 0.410 e. The molecule has 1 aromatic heterocycles. The summed E-state index contributed by atoms with van der Waals surface area (Å²) in [5.74, 6) is -0.0566. The van der Waals surface area contributed by atoms with Gasteiger partial charge in [-0.05, 0) is 19.1 Å². The number of aromatic nitrogens is 2. The highest BCUT2D eigenvalue weighted by Crippen LogP contribution is 2.07. The number of rotatable bonds is 5. The molecule has 124 valence electrons. The van der Waals surface area contributed by atoms with E-state index < -0.39 is 12.0 Å². The standard InChI is InChI=1S/C14H16N4O3.C2H6/c1-4-6-11(7-5-2)21-14(20)18-10-8-16-12(17-9-10)13(19)15-3;1-2/h4-9H,1H2,2-3H3,(H,15,19)(H,18,20);1-2H3/b7-5-,11-6+;. The highest BCUT2D eigenvalue weighted by Gasteiger charge is 2.09. The number of anilines is 1. The van der Waals surface area contributed by atoms with Crippen molar-refractivity contribution < 1.29 is 14.3 Å². The van der Waals surface area contributed by atoms with Crippen LogP contribution in [0, 0.1) is 0 Å². The van der Waals surface area contributed by atoms with E-state index >= 15 is 0 Å². The molecule has 0 bridgehead atoms. The van der Waals surface area contributed by atoms with Crippen molar-refractivity contribution in [3.8, 4) is 0 Å². The van der Waals surface area contributed by atoms with E-state index in [4.69, 9.17) is 4.74 Å². The van der Waals surface area contributed by atoms with Gasteiger partial charge in [0, 0.05) is 7.05 Å². The minimum atomic E-state index is -0.697. The van der Waals surface area contributed by atoms with Crippen LogP contribution in [0.5, 0.6) is 0 Å². The molecule has 0 unspecified atom stereocenters. The third-order valence-electron chi connectivity index (χ3n) is 2.15. The Morgan fingerprint density at radius 1 is 1.26 bits per heavy atom. The van der Waals surface area contributed by atoms with Gasteiger partial charge >= 0.3 is 6.09 Å². The maximum atomic E-state index is 11.7. The van der Waals surface area contributed by atoms with Crippen molar-refractivity contribution in [1.29, 1.82) is 0 Å². The summed E-state index contributed by atoms with van der Waals surface area (Å²) < 4.78 is 5.05. The fraction of sp³-hybridized carbons (Fsp3) is 0.250. The summed E-state index contributed by atoms with van der Waals surface area (Å²) in [6.07, 6.45) is 8.32. The molecule has 2 amide bonds. The van der Waals surface area contributed by atoms with Gasteiger partial charge in [0.1, 0.15) is 5.76 Å². The van der Waals surface area contributed by atoms with Crippen LogP contribution in [0.2, 0.25) is 0 Å². The van der Waals surface area contributed by atoms with Crippen molar-refractivity contribution in [2.24, 2.45) is 0 Å². The Bertz CT molecular complexity index is 577. The van der Waals surface area contributed by atoms with Gasteiger partial charge in [0.15, 0.2) is 0 Å². The Morgan fingerprint density at radius 3 is 2.35 bits per heavy atom. The third-order valence-corrected chi connectivity index (χ3v) is 2.15. The van der Waals surface area contributed by atoms with Gasteiger partial charge < -0.3 is 10.1 Å². The highest BCUT2D eigenvalue weighted by molar-refractivity contribution is 5.90. The predicted octanol–water partition coefficient (Wildman–Crippen LogP) is 3.06. The van der Waals surface area contributed by atoms with E-state index in [1.54, 1.807) is 25.2 Å². The first-order valence-electron chi connectivity index (χ1n) is 7.09. The summed E-state index contributed by atoms with van der Waals surface area (Å²) >= 11 is 0. The van der Waals surface area contributed by atoms with Crippen LogP contribution in [-0.2, 0) is 4.74 Å². The molecule has 0 saturated heterocycles. The van der Waals surface area contributed by atoms with E-state index in [-0.39, 0.29) is 5.82 Å². The van der Waals surface area contributed by atoms with Gasteiger partial charge in [-0.15, -0.1) is 0 Å². The van der Waals surface area contributed by atoms with Gasteiger partial charge in [-0.3, -0.25) is 10.1 Å². The normalized spacial score (nSPS) is 10.3. The van der Waals surface area contributed by atoms with E-state index in [1.165, 1.54) is 25.5 Å². The Morgan fingerprint density at radius 2 is 1.87 bits per heavy atom. The van der Waals surface area contributed by atoms with Crippen LogP contribution < -0.4 is 10.6 Å². The largest absolute Gasteiger partial charge is 0.417 e. The first-order valence-corrected chi connectivity index (χ1v) is 7.09. The van der Waals surface area contributed by atoms with Crippen LogP contribution in [0.1, 0.15) is 31.4 Å². The number of hydrogen-bond donors (Lipinski definition) is 2. The van der Waals surface area contributed by atoms with Crippen LogP contribution in [0.25, 0.3) is 0 Å². The fourth-order valence-electron chi connectivity index (χ4n) is 1.28. The van der Waals surface area contributed by atoms with E-state index in [0.717, 1.165) is 0 Å². The number of amides is 2. The van der Waals surface area contributed by atoms with E-state index in [0.29, 0.717) is 11.4 Å². The van der Waals surface area contributed by atoms with Gasteiger partial charge in [0.25, 0.3) is 5.91 Å². The van der Waals surface area contributed by atoms with E-state index in [1.807, 2.05) is 13.8 Å². The molecular weight excluding hydrogens is 296 g/mol. The number of carbonyl (C=O) groups excluding carboxylic acids is 2. The summed E-state index contributed by atoms with van der Waals surface area (Å²) in [4.78, 5) is 30.6. The van der Waals surface area contributed by atoms with Crippen molar-refractivity contribution in [2.75, 3.05) is 12.4 Å². The quantitative estimate of drug-likeness (QED) is 0.643. The monoisotopic (exact) mass is 318 g/mol. The van der Waals surface area contributed by atoms with Crippen molar-refractivity contribution in [3.05, 3.63) is 54.9 Å². The molecule has 23 heavy (non-hydrogen) atoms. The molecule has 1 rings (SSSR count). The molecule has 7 nitrogen and oxygen atoms in total. The van der Waals surface area contributed by atoms with Gasteiger partial charge in [0.05, 0.1) is 18.1 Å². The molecule has 0 fully saturated rings. The van der Waals surface area contributed by atoms with Gasteiger partial charge in [-0.25, -0.2) is 14.8 Å². The number of nitrogens with zero attached hydrogens (tertiary/aromatic N) is 2. The van der Waals surface area contributed by atoms with E-state index in [2.05, 4.69) is 27.2 Å². The average molecular weight is 318 g/mol. The van der Waals surface area contributed by atoms with Crippen molar-refractivity contribution in [2.45, 2.75) is 20.8 Å². The Balaban J connectivity index is 0.00000232. The SMILES string of the molecule is C=C/C=C(\C=C/C)OC(=O)Nc1cnc(C(=O)NC)nc1.CC. The van der Waals surface area contributed by atoms with Crippen LogP contribution in [0.3, 0.4) is 0 Å². The Hall–Kier alpha value is -2.96. The lowest BCUT2D eigenvalue weighted by atomic mass is 10.4. The lowest BCUT2D eigenvalue weighted by molar-refractivity contribution is 0.0953. The second kappa shape index (κ2) is 11.7. The molecule has 1 aromatic rings. The molecule has 0 aliphatic carbocycles. The molecule has 0 saturated carbocycles. The number of nitrogens with one attached hydrogen (secondary N) is 2. The first kappa shape index (κ1) is 20.0. The minimum Gasteiger partial charge on any atom is -0.410 e. The van der Waals surface area contributed by atoms with Crippen molar-refractivity contribution in [3.63, 3.8) is 0 Å². The summed E-state index contributed by atoms with van der Waals surface area (Å²) in [5.41, 5.74) is 0.311. The Labute approximate surface area is 136 Å². The predicted molar refractivity (Wildman–Crippen MR) is 90.0 cm³/mol. The minimum absolute atomic E-state index is 0.0116. The van der Waals surface area contributed by atoms with E-state index in [9.17, 15) is 9.59 Å². The number of allylic oxidation sites excluding steroid dienone is 4. The summed E-state index contributed by atoms with van der Waals surface area (Å²) in [6.45, 7) is 9.32. The molecule has 0 spiro atoms. The molecule has 2 N–H and O–H groups in total. The molecule has 7 heteroatoms. The molecule has 0 aromatic carbocycles. The number of carbonyl (C=O) groups is 2. The summed E-state index contributed by atoms with van der Waals surface area (Å²) in [5, 5.41) is 4.84. The zero-order valence-electron chi connectivity index (χ0n) is 13.8. The van der Waals surface area contributed by atoms with Crippen molar-refractivity contribution >= 4 is 17.7 Å². The van der Waals surface area contributed by atoms with Crippen LogP contribution >= 0.6 is 0 Å². The van der Waals surface area contributed by atoms with Gasteiger partial charge in [0.2, 0.25) is 5.82 Å². The zero-order chi connectivity index (χ0) is 17.7. The first-order chi connectivity index (χ1) is 11.1. The molecule has 0 aliphatic rings. The zero-order valence-corrected chi connectivity index (χ0v) is 13.8. The molecule has 0 aliphatic heterocycles.